The third kappa shape index (κ3) is 3.65. The molecule has 166 valence electrons. The Morgan fingerprint density at radius 2 is 1.70 bits per heavy atom. The number of hydrogen-bond acceptors (Lipinski definition) is 6. The molecule has 2 heterocycles. The average Bonchev–Trinajstić information content (AvgIpc) is 2.80. The first-order valence-corrected chi connectivity index (χ1v) is 9.99. The fourth-order valence-corrected chi connectivity index (χ4v) is 3.71. The van der Waals surface area contributed by atoms with E-state index in [0.29, 0.717) is 21.8 Å². The van der Waals surface area contributed by atoms with E-state index < -0.39 is 28.3 Å². The van der Waals surface area contributed by atoms with Crippen LogP contribution in [0.5, 0.6) is 11.5 Å². The van der Waals surface area contributed by atoms with Gasteiger partial charge in [-0.15, -0.1) is 6.58 Å². The standard InChI is InChI=1S/C24H20N4O5/c1-3-12-28-17-11-7-5-9-15(17)21(30)19(24(28)33)23(32)27-26-13(2)18-20(29)14-8-4-6-10-16(14)25-22(18)31/h3-11,30H,1,12H2,2H3,(H,27,32)(H2,25,29,31). The molecule has 0 unspecified atom stereocenters. The van der Waals surface area contributed by atoms with Crippen LogP contribution in [0.25, 0.3) is 21.8 Å². The molecule has 9 nitrogen and oxygen atoms in total. The highest BCUT2D eigenvalue weighted by molar-refractivity contribution is 6.07. The Bertz CT molecular complexity index is 1580. The van der Waals surface area contributed by atoms with Gasteiger partial charge in [-0.2, -0.15) is 5.10 Å². The molecule has 0 spiro atoms. The lowest BCUT2D eigenvalue weighted by molar-refractivity contribution is 0.0950. The Labute approximate surface area is 186 Å². The predicted molar refractivity (Wildman–Crippen MR) is 126 cm³/mol. The largest absolute Gasteiger partial charge is 0.506 e. The van der Waals surface area contributed by atoms with Gasteiger partial charge in [-0.1, -0.05) is 30.3 Å². The van der Waals surface area contributed by atoms with Crippen molar-refractivity contribution in [3.63, 3.8) is 0 Å². The number of pyridine rings is 2. The molecule has 0 aliphatic rings. The third-order valence-electron chi connectivity index (χ3n) is 5.27. The second kappa shape index (κ2) is 8.46. The number of amides is 1. The van der Waals surface area contributed by atoms with Gasteiger partial charge in [0.2, 0.25) is 0 Å². The van der Waals surface area contributed by atoms with E-state index in [-0.39, 0.29) is 23.6 Å². The molecule has 0 fully saturated rings. The van der Waals surface area contributed by atoms with Crippen molar-refractivity contribution < 1.29 is 15.0 Å². The van der Waals surface area contributed by atoms with Gasteiger partial charge in [0, 0.05) is 17.3 Å². The summed E-state index contributed by atoms with van der Waals surface area (Å²) >= 11 is 0. The molecule has 4 N–H and O–H groups in total. The van der Waals surface area contributed by atoms with Crippen molar-refractivity contribution in [2.75, 3.05) is 0 Å². The first kappa shape index (κ1) is 21.6. The summed E-state index contributed by atoms with van der Waals surface area (Å²) < 4.78 is 1.31. The van der Waals surface area contributed by atoms with Crippen molar-refractivity contribution in [1.82, 2.24) is 15.0 Å². The van der Waals surface area contributed by atoms with Gasteiger partial charge in [0.05, 0.1) is 16.7 Å². The minimum absolute atomic E-state index is 0.0135. The van der Waals surface area contributed by atoms with Crippen molar-refractivity contribution in [1.29, 1.82) is 0 Å². The minimum Gasteiger partial charge on any atom is -0.506 e. The number of hydrazone groups is 1. The van der Waals surface area contributed by atoms with E-state index in [4.69, 9.17) is 0 Å². The summed E-state index contributed by atoms with van der Waals surface area (Å²) in [6.07, 6.45) is 1.50. The van der Waals surface area contributed by atoms with Crippen LogP contribution < -0.4 is 16.5 Å². The van der Waals surface area contributed by atoms with Gasteiger partial charge in [0.15, 0.2) is 0 Å². The quantitative estimate of drug-likeness (QED) is 0.213. The number of rotatable bonds is 5. The van der Waals surface area contributed by atoms with Crippen LogP contribution in [0.2, 0.25) is 0 Å². The number of aromatic amines is 1. The molecule has 0 aliphatic heterocycles. The number of aromatic nitrogens is 2. The van der Waals surface area contributed by atoms with Crippen LogP contribution in [0.1, 0.15) is 22.8 Å². The molecular formula is C24H20N4O5. The molecule has 0 radical (unpaired) electrons. The van der Waals surface area contributed by atoms with E-state index in [9.17, 15) is 24.6 Å². The molecular weight excluding hydrogens is 424 g/mol. The number of H-pyrrole nitrogens is 1. The molecule has 4 rings (SSSR count). The van der Waals surface area contributed by atoms with Crippen molar-refractivity contribution in [3.8, 4) is 11.5 Å². The van der Waals surface area contributed by atoms with E-state index in [1.165, 1.54) is 17.6 Å². The third-order valence-corrected chi connectivity index (χ3v) is 5.27. The van der Waals surface area contributed by atoms with Gasteiger partial charge in [-0.25, -0.2) is 5.43 Å². The van der Waals surface area contributed by atoms with Crippen molar-refractivity contribution in [3.05, 3.63) is 93.0 Å². The number of fused-ring (bicyclic) bond motifs is 2. The van der Waals surface area contributed by atoms with E-state index >= 15 is 0 Å². The molecule has 9 heteroatoms. The van der Waals surface area contributed by atoms with Gasteiger partial charge in [0.25, 0.3) is 17.0 Å². The molecule has 0 aliphatic carbocycles. The summed E-state index contributed by atoms with van der Waals surface area (Å²) in [5, 5.41) is 25.8. The normalized spacial score (nSPS) is 11.6. The second-order valence-electron chi connectivity index (χ2n) is 7.31. The smallest absolute Gasteiger partial charge is 0.280 e. The Hall–Kier alpha value is -4.66. The van der Waals surface area contributed by atoms with E-state index in [0.717, 1.165) is 0 Å². The topological polar surface area (TPSA) is 137 Å². The molecule has 33 heavy (non-hydrogen) atoms. The molecule has 0 atom stereocenters. The van der Waals surface area contributed by atoms with Gasteiger partial charge in [-0.05, 0) is 31.2 Å². The van der Waals surface area contributed by atoms with Gasteiger partial charge < -0.3 is 19.8 Å². The minimum atomic E-state index is -0.961. The number of para-hydroxylation sites is 2. The fourth-order valence-electron chi connectivity index (χ4n) is 3.71. The highest BCUT2D eigenvalue weighted by Crippen LogP contribution is 2.27. The molecule has 0 saturated carbocycles. The van der Waals surface area contributed by atoms with Crippen LogP contribution in [0, 0.1) is 0 Å². The number of nitrogens with zero attached hydrogens (tertiary/aromatic N) is 2. The Morgan fingerprint density at radius 1 is 1.06 bits per heavy atom. The van der Waals surface area contributed by atoms with Crippen LogP contribution in [0.3, 0.4) is 0 Å². The highest BCUT2D eigenvalue weighted by atomic mass is 16.3. The number of carbonyl (C=O) groups is 1. The second-order valence-corrected chi connectivity index (χ2v) is 7.31. The summed E-state index contributed by atoms with van der Waals surface area (Å²) in [6, 6.07) is 13.3. The van der Waals surface area contributed by atoms with Gasteiger partial charge >= 0.3 is 0 Å². The number of aromatic hydroxyl groups is 2. The lowest BCUT2D eigenvalue weighted by Crippen LogP contribution is -2.32. The summed E-state index contributed by atoms with van der Waals surface area (Å²) in [5.74, 6) is -1.73. The number of hydrogen-bond donors (Lipinski definition) is 4. The van der Waals surface area contributed by atoms with Crippen LogP contribution >= 0.6 is 0 Å². The Morgan fingerprint density at radius 3 is 2.42 bits per heavy atom. The van der Waals surface area contributed by atoms with E-state index in [1.54, 1.807) is 48.5 Å². The number of benzene rings is 2. The maximum Gasteiger partial charge on any atom is 0.280 e. The summed E-state index contributed by atoms with van der Waals surface area (Å²) in [4.78, 5) is 40.9. The number of carbonyl (C=O) groups excluding carboxylic acids is 1. The molecule has 1 amide bonds. The molecule has 2 aromatic carbocycles. The van der Waals surface area contributed by atoms with Crippen molar-refractivity contribution in [2.45, 2.75) is 13.5 Å². The molecule has 0 bridgehead atoms. The van der Waals surface area contributed by atoms with Gasteiger partial charge in [-0.3, -0.25) is 14.4 Å². The maximum atomic E-state index is 13.0. The fraction of sp³-hybridized carbons (Fsp3) is 0.0833. The molecule has 4 aromatic rings. The van der Waals surface area contributed by atoms with E-state index in [2.05, 4.69) is 22.1 Å². The average molecular weight is 444 g/mol. The summed E-state index contributed by atoms with van der Waals surface area (Å²) in [5.41, 5.74) is 1.18. The SMILES string of the molecule is C=CCn1c(=O)c(C(=O)NN=C(C)c2c(O)c3ccccc3[nH]c2=O)c(O)c2ccccc21. The zero-order valence-corrected chi connectivity index (χ0v) is 17.6. The van der Waals surface area contributed by atoms with Crippen LogP contribution in [0.15, 0.2) is 75.9 Å². The molecule has 0 saturated heterocycles. The Balaban J connectivity index is 1.77. The summed E-state index contributed by atoms with van der Waals surface area (Å²) in [6.45, 7) is 5.18. The zero-order valence-electron chi connectivity index (χ0n) is 17.6. The predicted octanol–water partition coefficient (Wildman–Crippen LogP) is 2.59. The lowest BCUT2D eigenvalue weighted by Gasteiger charge is -2.13. The van der Waals surface area contributed by atoms with Crippen LogP contribution in [-0.4, -0.2) is 31.4 Å². The Kier molecular flexibility index (Phi) is 5.53. The monoisotopic (exact) mass is 444 g/mol. The highest BCUT2D eigenvalue weighted by Gasteiger charge is 2.22. The molecule has 2 aromatic heterocycles. The van der Waals surface area contributed by atoms with Gasteiger partial charge in [0.1, 0.15) is 22.6 Å². The lowest BCUT2D eigenvalue weighted by atomic mass is 10.1. The van der Waals surface area contributed by atoms with Crippen molar-refractivity contribution >= 4 is 33.4 Å². The zero-order chi connectivity index (χ0) is 23.7. The van der Waals surface area contributed by atoms with Crippen LogP contribution in [-0.2, 0) is 6.54 Å². The number of allylic oxidation sites excluding steroid dienone is 1. The van der Waals surface area contributed by atoms with E-state index in [1.807, 2.05) is 0 Å². The number of nitrogens with one attached hydrogen (secondary N) is 2. The maximum absolute atomic E-state index is 13.0. The summed E-state index contributed by atoms with van der Waals surface area (Å²) in [7, 11) is 0. The first-order chi connectivity index (χ1) is 15.8. The van der Waals surface area contributed by atoms with Crippen LogP contribution in [0.4, 0.5) is 0 Å². The first-order valence-electron chi connectivity index (χ1n) is 9.99. The van der Waals surface area contributed by atoms with Crippen molar-refractivity contribution in [2.24, 2.45) is 5.10 Å².